The normalized spacial score (nSPS) is 27.8. The Morgan fingerprint density at radius 3 is 2.94 bits per heavy atom. The van der Waals surface area contributed by atoms with Crippen molar-refractivity contribution in [1.29, 1.82) is 0 Å². The van der Waals surface area contributed by atoms with Gasteiger partial charge in [-0.1, -0.05) is 12.1 Å². The van der Waals surface area contributed by atoms with Gasteiger partial charge in [-0.3, -0.25) is 0 Å². The molecule has 1 aliphatic heterocycles. The van der Waals surface area contributed by atoms with Crippen molar-refractivity contribution in [2.45, 2.75) is 31.4 Å². The molecule has 2 unspecified atom stereocenters. The summed E-state index contributed by atoms with van der Waals surface area (Å²) in [7, 11) is 1.68. The van der Waals surface area contributed by atoms with Crippen LogP contribution in [-0.4, -0.2) is 31.9 Å². The molecule has 0 radical (unpaired) electrons. The first-order valence-electron chi connectivity index (χ1n) is 6.42. The van der Waals surface area contributed by atoms with E-state index in [2.05, 4.69) is 12.2 Å². The molecule has 18 heavy (non-hydrogen) atoms. The van der Waals surface area contributed by atoms with Crippen molar-refractivity contribution in [3.63, 3.8) is 0 Å². The Labute approximate surface area is 108 Å². The van der Waals surface area contributed by atoms with Crippen LogP contribution < -0.4 is 15.8 Å². The van der Waals surface area contributed by atoms with Gasteiger partial charge in [0.05, 0.1) is 24.4 Å². The number of anilines is 1. The largest absolute Gasteiger partial charge is 0.495 e. The predicted molar refractivity (Wildman–Crippen MR) is 73.1 cm³/mol. The van der Waals surface area contributed by atoms with Crippen LogP contribution in [0.25, 0.3) is 0 Å². The van der Waals surface area contributed by atoms with E-state index in [0.717, 1.165) is 30.9 Å². The molecular weight excluding hydrogens is 228 g/mol. The van der Waals surface area contributed by atoms with E-state index in [9.17, 15) is 0 Å². The van der Waals surface area contributed by atoms with Crippen molar-refractivity contribution in [2.75, 3.05) is 25.6 Å². The molecule has 1 aromatic carbocycles. The number of methoxy groups -OCH3 is 1. The van der Waals surface area contributed by atoms with Crippen molar-refractivity contribution in [2.24, 2.45) is 5.73 Å². The number of hydrogen-bond donors (Lipinski definition) is 2. The summed E-state index contributed by atoms with van der Waals surface area (Å²) in [6, 6.07) is 7.94. The highest BCUT2D eigenvalue weighted by Gasteiger charge is 2.34. The summed E-state index contributed by atoms with van der Waals surface area (Å²) < 4.78 is 11.0. The van der Waals surface area contributed by atoms with Gasteiger partial charge >= 0.3 is 0 Å². The van der Waals surface area contributed by atoms with Crippen LogP contribution in [-0.2, 0) is 4.74 Å². The average molecular weight is 250 g/mol. The van der Waals surface area contributed by atoms with Gasteiger partial charge in [0.1, 0.15) is 5.75 Å². The Morgan fingerprint density at radius 1 is 1.50 bits per heavy atom. The molecule has 2 rings (SSSR count). The number of nitrogens with one attached hydrogen (secondary N) is 1. The minimum Gasteiger partial charge on any atom is -0.495 e. The molecule has 2 atom stereocenters. The van der Waals surface area contributed by atoms with Crippen LogP contribution >= 0.6 is 0 Å². The summed E-state index contributed by atoms with van der Waals surface area (Å²) in [6.45, 7) is 3.44. The first-order valence-corrected chi connectivity index (χ1v) is 6.42. The van der Waals surface area contributed by atoms with Crippen molar-refractivity contribution in [3.8, 4) is 5.75 Å². The summed E-state index contributed by atoms with van der Waals surface area (Å²) in [4.78, 5) is 0. The summed E-state index contributed by atoms with van der Waals surface area (Å²) in [6.07, 6.45) is 2.08. The summed E-state index contributed by atoms with van der Waals surface area (Å²) in [5.74, 6) is 0.851. The highest BCUT2D eigenvalue weighted by Crippen LogP contribution is 2.32. The number of rotatable bonds is 4. The molecule has 0 bridgehead atoms. The van der Waals surface area contributed by atoms with Crippen molar-refractivity contribution in [3.05, 3.63) is 24.3 Å². The molecule has 4 nitrogen and oxygen atoms in total. The van der Waals surface area contributed by atoms with Gasteiger partial charge in [-0.15, -0.1) is 0 Å². The lowest BCUT2D eigenvalue weighted by Crippen LogP contribution is -2.51. The van der Waals surface area contributed by atoms with Gasteiger partial charge in [-0.05, 0) is 31.9 Å². The number of nitrogens with two attached hydrogens (primary N) is 1. The van der Waals surface area contributed by atoms with Gasteiger partial charge in [0.15, 0.2) is 0 Å². The number of benzene rings is 1. The lowest BCUT2D eigenvalue weighted by atomic mass is 9.86. The minimum atomic E-state index is -0.0910. The van der Waals surface area contributed by atoms with E-state index in [1.165, 1.54) is 0 Å². The van der Waals surface area contributed by atoms with E-state index < -0.39 is 0 Å². The zero-order chi connectivity index (χ0) is 13.0. The molecular formula is C14H22N2O2. The van der Waals surface area contributed by atoms with Crippen LogP contribution in [0.2, 0.25) is 0 Å². The maximum atomic E-state index is 5.98. The number of ether oxygens (including phenoxy) is 2. The summed E-state index contributed by atoms with van der Waals surface area (Å²) in [5.41, 5.74) is 6.89. The van der Waals surface area contributed by atoms with E-state index in [4.69, 9.17) is 15.2 Å². The van der Waals surface area contributed by atoms with E-state index >= 15 is 0 Å². The van der Waals surface area contributed by atoms with Gasteiger partial charge in [0, 0.05) is 13.2 Å². The molecule has 1 fully saturated rings. The molecule has 100 valence electrons. The lowest BCUT2D eigenvalue weighted by Gasteiger charge is -2.40. The zero-order valence-corrected chi connectivity index (χ0v) is 11.1. The van der Waals surface area contributed by atoms with E-state index in [0.29, 0.717) is 6.54 Å². The maximum Gasteiger partial charge on any atom is 0.141 e. The molecule has 4 heteroatoms. The molecule has 0 amide bonds. The average Bonchev–Trinajstić information content (AvgIpc) is 2.39. The molecule has 1 aromatic rings. The minimum absolute atomic E-state index is 0.0910. The Hall–Kier alpha value is -1.26. The smallest absolute Gasteiger partial charge is 0.141 e. The molecule has 0 aliphatic carbocycles. The van der Waals surface area contributed by atoms with Crippen LogP contribution in [0.15, 0.2) is 24.3 Å². The Morgan fingerprint density at radius 2 is 2.28 bits per heavy atom. The van der Waals surface area contributed by atoms with Crippen LogP contribution in [0.1, 0.15) is 19.8 Å². The molecule has 3 N–H and O–H groups in total. The molecule has 0 aromatic heterocycles. The van der Waals surface area contributed by atoms with Crippen molar-refractivity contribution >= 4 is 5.69 Å². The standard InChI is InChI=1S/C14H22N2O2/c1-11-9-14(10-15,7-8-18-11)16-12-5-3-4-6-13(12)17-2/h3-6,11,16H,7-10,15H2,1-2H3. The topological polar surface area (TPSA) is 56.5 Å². The first-order chi connectivity index (χ1) is 8.69. The van der Waals surface area contributed by atoms with Gasteiger partial charge < -0.3 is 20.5 Å². The maximum absolute atomic E-state index is 5.98. The number of hydrogen-bond acceptors (Lipinski definition) is 4. The summed E-state index contributed by atoms with van der Waals surface area (Å²) >= 11 is 0. The Bertz CT molecular complexity index is 397. The monoisotopic (exact) mass is 250 g/mol. The van der Waals surface area contributed by atoms with E-state index in [-0.39, 0.29) is 11.6 Å². The molecule has 1 aliphatic rings. The molecule has 1 heterocycles. The van der Waals surface area contributed by atoms with Gasteiger partial charge in [0.25, 0.3) is 0 Å². The Balaban J connectivity index is 2.19. The fourth-order valence-corrected chi connectivity index (χ4v) is 2.55. The fraction of sp³-hybridized carbons (Fsp3) is 0.571. The second-order valence-electron chi connectivity index (χ2n) is 4.95. The third kappa shape index (κ3) is 2.76. The fourth-order valence-electron chi connectivity index (χ4n) is 2.55. The van der Waals surface area contributed by atoms with E-state index in [1.54, 1.807) is 7.11 Å². The zero-order valence-electron chi connectivity index (χ0n) is 11.1. The SMILES string of the molecule is COc1ccccc1NC1(CN)CCOC(C)C1. The first kappa shape index (κ1) is 13.2. The van der Waals surface area contributed by atoms with E-state index in [1.807, 2.05) is 24.3 Å². The van der Waals surface area contributed by atoms with Crippen LogP contribution in [0.3, 0.4) is 0 Å². The van der Waals surface area contributed by atoms with Crippen LogP contribution in [0.4, 0.5) is 5.69 Å². The third-order valence-electron chi connectivity index (χ3n) is 3.56. The van der Waals surface area contributed by atoms with Crippen molar-refractivity contribution < 1.29 is 9.47 Å². The van der Waals surface area contributed by atoms with Crippen molar-refractivity contribution in [1.82, 2.24) is 0 Å². The predicted octanol–water partition coefficient (Wildman–Crippen LogP) is 2.00. The van der Waals surface area contributed by atoms with Gasteiger partial charge in [-0.2, -0.15) is 0 Å². The second kappa shape index (κ2) is 5.59. The van der Waals surface area contributed by atoms with Crippen LogP contribution in [0, 0.1) is 0 Å². The lowest BCUT2D eigenvalue weighted by molar-refractivity contribution is 0.000215. The van der Waals surface area contributed by atoms with Gasteiger partial charge in [0.2, 0.25) is 0 Å². The second-order valence-corrected chi connectivity index (χ2v) is 4.95. The molecule has 0 saturated carbocycles. The molecule has 1 saturated heterocycles. The summed E-state index contributed by atoms with van der Waals surface area (Å²) in [5, 5.41) is 3.56. The van der Waals surface area contributed by atoms with Crippen LogP contribution in [0.5, 0.6) is 5.75 Å². The highest BCUT2D eigenvalue weighted by molar-refractivity contribution is 5.57. The molecule has 0 spiro atoms. The quantitative estimate of drug-likeness (QED) is 0.858. The van der Waals surface area contributed by atoms with Gasteiger partial charge in [-0.25, -0.2) is 0 Å². The number of para-hydroxylation sites is 2. The third-order valence-corrected chi connectivity index (χ3v) is 3.56. The Kier molecular flexibility index (Phi) is 4.09. The highest BCUT2D eigenvalue weighted by atomic mass is 16.5.